The lowest BCUT2D eigenvalue weighted by Gasteiger charge is -2.15. The number of benzene rings is 2. The van der Waals surface area contributed by atoms with Gasteiger partial charge in [0.05, 0.1) is 33.5 Å². The molecule has 0 bridgehead atoms. The van der Waals surface area contributed by atoms with Crippen LogP contribution < -0.4 is 25.0 Å². The number of pyridine rings is 1. The Morgan fingerprint density at radius 1 is 0.970 bits per heavy atom. The van der Waals surface area contributed by atoms with Gasteiger partial charge in [-0.2, -0.15) is 0 Å². The van der Waals surface area contributed by atoms with E-state index in [1.807, 2.05) is 6.92 Å². The molecule has 1 aromatic heterocycles. The number of anilines is 1. The molecule has 3 rings (SSSR count). The first-order chi connectivity index (χ1) is 15.9. The van der Waals surface area contributed by atoms with Crippen molar-refractivity contribution in [1.29, 1.82) is 0 Å². The Hall–Kier alpha value is -4.01. The Morgan fingerprint density at radius 3 is 2.18 bits per heavy atom. The highest BCUT2D eigenvalue weighted by Crippen LogP contribution is 2.38. The van der Waals surface area contributed by atoms with E-state index in [1.54, 1.807) is 29.7 Å². The first-order valence-corrected chi connectivity index (χ1v) is 10.3. The molecule has 9 heteroatoms. The molecular formula is C24H26N2O7. The molecule has 0 aliphatic heterocycles. The standard InChI is InChI=1S/C24H26N2O7/c1-6-26-13-17(24(29)33-7-2)21(27)16-12-15(8-9-18(16)26)25-23(28)14-10-19(30-3)22(32-5)20(11-14)31-4/h8-13H,6-7H2,1-5H3,(H,25,28). The second-order valence-electron chi connectivity index (χ2n) is 6.98. The normalized spacial score (nSPS) is 10.6. The van der Waals surface area contributed by atoms with Crippen LogP contribution in [-0.4, -0.2) is 44.4 Å². The molecule has 0 aliphatic carbocycles. The van der Waals surface area contributed by atoms with Crippen molar-refractivity contribution in [2.75, 3.05) is 33.3 Å². The monoisotopic (exact) mass is 454 g/mol. The van der Waals surface area contributed by atoms with Crippen molar-refractivity contribution in [3.8, 4) is 17.2 Å². The first kappa shape index (κ1) is 23.6. The highest BCUT2D eigenvalue weighted by Gasteiger charge is 2.19. The molecule has 0 fully saturated rings. The van der Waals surface area contributed by atoms with Gasteiger partial charge in [-0.15, -0.1) is 0 Å². The van der Waals surface area contributed by atoms with Crippen LogP contribution in [0.1, 0.15) is 34.6 Å². The Morgan fingerprint density at radius 2 is 1.64 bits per heavy atom. The number of hydrogen-bond acceptors (Lipinski definition) is 7. The van der Waals surface area contributed by atoms with Crippen LogP contribution in [0.15, 0.2) is 41.3 Å². The van der Waals surface area contributed by atoms with Gasteiger partial charge >= 0.3 is 5.97 Å². The highest BCUT2D eigenvalue weighted by atomic mass is 16.5. The van der Waals surface area contributed by atoms with E-state index in [0.717, 1.165) is 0 Å². The summed E-state index contributed by atoms with van der Waals surface area (Å²) in [5.41, 5.74) is 0.788. The minimum atomic E-state index is -0.682. The number of rotatable bonds is 8. The summed E-state index contributed by atoms with van der Waals surface area (Å²) < 4.78 is 22.7. The van der Waals surface area contributed by atoms with Crippen LogP contribution in [-0.2, 0) is 11.3 Å². The predicted molar refractivity (Wildman–Crippen MR) is 124 cm³/mol. The maximum absolute atomic E-state index is 13.0. The lowest BCUT2D eigenvalue weighted by molar-refractivity contribution is 0.0524. The second-order valence-corrected chi connectivity index (χ2v) is 6.98. The summed E-state index contributed by atoms with van der Waals surface area (Å²) in [6.07, 6.45) is 1.50. The Balaban J connectivity index is 2.03. The van der Waals surface area contributed by atoms with Crippen LogP contribution in [0.5, 0.6) is 17.2 Å². The smallest absolute Gasteiger partial charge is 0.343 e. The zero-order chi connectivity index (χ0) is 24.1. The minimum absolute atomic E-state index is 0.0562. The van der Waals surface area contributed by atoms with E-state index in [4.69, 9.17) is 18.9 Å². The van der Waals surface area contributed by atoms with Gasteiger partial charge in [-0.1, -0.05) is 0 Å². The van der Waals surface area contributed by atoms with E-state index in [-0.39, 0.29) is 17.7 Å². The SMILES string of the molecule is CCOC(=O)c1cn(CC)c2ccc(NC(=O)c3cc(OC)c(OC)c(OC)c3)cc2c1=O. The number of ether oxygens (including phenoxy) is 4. The maximum Gasteiger partial charge on any atom is 0.343 e. The third-order valence-electron chi connectivity index (χ3n) is 5.10. The molecule has 174 valence electrons. The lowest BCUT2D eigenvalue weighted by atomic mass is 10.1. The van der Waals surface area contributed by atoms with Crippen LogP contribution in [0.25, 0.3) is 10.9 Å². The fraction of sp³-hybridized carbons (Fsp3) is 0.292. The molecular weight excluding hydrogens is 428 g/mol. The van der Waals surface area contributed by atoms with E-state index in [9.17, 15) is 14.4 Å². The molecule has 0 aliphatic rings. The Kier molecular flexibility index (Phi) is 7.22. The summed E-state index contributed by atoms with van der Waals surface area (Å²) in [6, 6.07) is 8.01. The lowest BCUT2D eigenvalue weighted by Crippen LogP contribution is -2.21. The van der Waals surface area contributed by atoms with Crippen LogP contribution in [0, 0.1) is 0 Å². The van der Waals surface area contributed by atoms with Crippen LogP contribution in [0.2, 0.25) is 0 Å². The number of carbonyl (C=O) groups is 2. The van der Waals surface area contributed by atoms with Gasteiger partial charge in [0.25, 0.3) is 5.91 Å². The quantitative estimate of drug-likeness (QED) is 0.520. The largest absolute Gasteiger partial charge is 0.493 e. The Labute approximate surface area is 190 Å². The average Bonchev–Trinajstić information content (AvgIpc) is 2.83. The molecule has 0 saturated heterocycles. The fourth-order valence-corrected chi connectivity index (χ4v) is 3.51. The molecule has 0 spiro atoms. The third-order valence-corrected chi connectivity index (χ3v) is 5.10. The summed E-state index contributed by atoms with van der Waals surface area (Å²) in [4.78, 5) is 38.2. The number of amides is 1. The van der Waals surface area contributed by atoms with Crippen LogP contribution in [0.4, 0.5) is 5.69 Å². The number of aromatic nitrogens is 1. The van der Waals surface area contributed by atoms with E-state index in [1.165, 1.54) is 39.7 Å². The van der Waals surface area contributed by atoms with Gasteiger partial charge in [-0.3, -0.25) is 9.59 Å². The molecule has 1 heterocycles. The number of nitrogens with zero attached hydrogens (tertiary/aromatic N) is 1. The summed E-state index contributed by atoms with van der Waals surface area (Å²) in [5.74, 6) is -0.0749. The summed E-state index contributed by atoms with van der Waals surface area (Å²) in [6.45, 7) is 4.28. The number of methoxy groups -OCH3 is 3. The van der Waals surface area contributed by atoms with Crippen molar-refractivity contribution in [3.05, 3.63) is 57.9 Å². The molecule has 9 nitrogen and oxygen atoms in total. The molecule has 1 amide bonds. The zero-order valence-electron chi connectivity index (χ0n) is 19.2. The summed E-state index contributed by atoms with van der Waals surface area (Å²) >= 11 is 0. The van der Waals surface area contributed by atoms with Gasteiger partial charge in [-0.25, -0.2) is 4.79 Å². The van der Waals surface area contributed by atoms with Crippen molar-refractivity contribution in [2.45, 2.75) is 20.4 Å². The number of aryl methyl sites for hydroxylation is 1. The molecule has 3 aromatic rings. The van der Waals surface area contributed by atoms with E-state index in [0.29, 0.717) is 40.4 Å². The van der Waals surface area contributed by atoms with Gasteiger partial charge < -0.3 is 28.8 Å². The van der Waals surface area contributed by atoms with Crippen molar-refractivity contribution in [3.63, 3.8) is 0 Å². The van der Waals surface area contributed by atoms with E-state index < -0.39 is 17.3 Å². The first-order valence-electron chi connectivity index (χ1n) is 10.3. The third kappa shape index (κ3) is 4.62. The van der Waals surface area contributed by atoms with Crippen LogP contribution in [0.3, 0.4) is 0 Å². The average molecular weight is 454 g/mol. The van der Waals surface area contributed by atoms with Gasteiger partial charge in [-0.05, 0) is 44.2 Å². The predicted octanol–water partition coefficient (Wildman–Crippen LogP) is 3.48. The molecule has 0 atom stereocenters. The van der Waals surface area contributed by atoms with E-state index in [2.05, 4.69) is 5.32 Å². The van der Waals surface area contributed by atoms with Gasteiger partial charge in [0.15, 0.2) is 11.5 Å². The minimum Gasteiger partial charge on any atom is -0.493 e. The van der Waals surface area contributed by atoms with Gasteiger partial charge in [0, 0.05) is 29.4 Å². The van der Waals surface area contributed by atoms with Crippen molar-refractivity contribution in [1.82, 2.24) is 4.57 Å². The van der Waals surface area contributed by atoms with Crippen molar-refractivity contribution in [2.24, 2.45) is 0 Å². The maximum atomic E-state index is 13.0. The molecule has 1 N–H and O–H groups in total. The fourth-order valence-electron chi connectivity index (χ4n) is 3.51. The van der Waals surface area contributed by atoms with Crippen molar-refractivity contribution >= 4 is 28.5 Å². The number of esters is 1. The number of nitrogens with one attached hydrogen (secondary N) is 1. The Bertz CT molecular complexity index is 1240. The molecule has 2 aromatic carbocycles. The van der Waals surface area contributed by atoms with Crippen molar-refractivity contribution < 1.29 is 28.5 Å². The zero-order valence-corrected chi connectivity index (χ0v) is 19.2. The topological polar surface area (TPSA) is 105 Å². The molecule has 0 radical (unpaired) electrons. The molecule has 0 unspecified atom stereocenters. The second kappa shape index (κ2) is 10.1. The van der Waals surface area contributed by atoms with Gasteiger partial charge in [0.1, 0.15) is 5.56 Å². The summed E-state index contributed by atoms with van der Waals surface area (Å²) in [7, 11) is 4.40. The molecule has 33 heavy (non-hydrogen) atoms. The number of fused-ring (bicyclic) bond motifs is 1. The number of carbonyl (C=O) groups excluding carboxylic acids is 2. The number of hydrogen-bond donors (Lipinski definition) is 1. The summed E-state index contributed by atoms with van der Waals surface area (Å²) in [5, 5.41) is 3.07. The van der Waals surface area contributed by atoms with Gasteiger partial charge in [0.2, 0.25) is 11.2 Å². The highest BCUT2D eigenvalue weighted by molar-refractivity contribution is 6.06. The van der Waals surface area contributed by atoms with E-state index >= 15 is 0 Å². The van der Waals surface area contributed by atoms with Crippen LogP contribution >= 0.6 is 0 Å². The molecule has 0 saturated carbocycles.